The van der Waals surface area contributed by atoms with Crippen molar-refractivity contribution in [1.82, 2.24) is 9.88 Å². The zero-order valence-corrected chi connectivity index (χ0v) is 12.1. The molecule has 0 bridgehead atoms. The number of nitro groups is 1. The van der Waals surface area contributed by atoms with Gasteiger partial charge in [0.25, 0.3) is 0 Å². The summed E-state index contributed by atoms with van der Waals surface area (Å²) in [5.74, 6) is 0.736. The second-order valence-electron chi connectivity index (χ2n) is 5.79. The van der Waals surface area contributed by atoms with Gasteiger partial charge in [-0.3, -0.25) is 15.0 Å². The molecule has 2 aliphatic rings. The van der Waals surface area contributed by atoms with Crippen molar-refractivity contribution in [2.45, 2.75) is 31.7 Å². The Morgan fingerprint density at radius 3 is 2.43 bits per heavy atom. The van der Waals surface area contributed by atoms with E-state index >= 15 is 0 Å². The standard InChI is InChI=1S/C14H21N5O2/c15-14-12(19(20)21)5-6-13(16-14)18-9-7-17(8-10-18)11-3-1-2-4-11/h5-6,11H,1-4,7-10H2,(H2,15,16). The van der Waals surface area contributed by atoms with E-state index in [0.29, 0.717) is 0 Å². The topological polar surface area (TPSA) is 88.5 Å². The van der Waals surface area contributed by atoms with E-state index in [1.54, 1.807) is 6.07 Å². The first-order valence-electron chi connectivity index (χ1n) is 7.55. The van der Waals surface area contributed by atoms with E-state index < -0.39 is 4.92 Å². The molecule has 114 valence electrons. The van der Waals surface area contributed by atoms with Crippen LogP contribution in [0.1, 0.15) is 25.7 Å². The van der Waals surface area contributed by atoms with Crippen LogP contribution in [-0.4, -0.2) is 47.0 Å². The molecule has 7 nitrogen and oxygen atoms in total. The number of anilines is 2. The molecular formula is C14H21N5O2. The van der Waals surface area contributed by atoms with Crippen molar-refractivity contribution in [3.8, 4) is 0 Å². The predicted octanol–water partition coefficient (Wildman–Crippen LogP) is 1.64. The van der Waals surface area contributed by atoms with Gasteiger partial charge < -0.3 is 10.6 Å². The van der Waals surface area contributed by atoms with Crippen molar-refractivity contribution in [3.63, 3.8) is 0 Å². The number of piperazine rings is 1. The van der Waals surface area contributed by atoms with Crippen LogP contribution in [0.2, 0.25) is 0 Å². The zero-order valence-electron chi connectivity index (χ0n) is 12.1. The summed E-state index contributed by atoms with van der Waals surface area (Å²) in [4.78, 5) is 19.2. The molecule has 1 aliphatic carbocycles. The fraction of sp³-hybridized carbons (Fsp3) is 0.643. The van der Waals surface area contributed by atoms with Crippen molar-refractivity contribution in [3.05, 3.63) is 22.2 Å². The van der Waals surface area contributed by atoms with Gasteiger partial charge in [-0.25, -0.2) is 4.98 Å². The molecule has 0 amide bonds. The van der Waals surface area contributed by atoms with Gasteiger partial charge in [-0.05, 0) is 18.9 Å². The maximum Gasteiger partial charge on any atom is 0.311 e. The fourth-order valence-electron chi connectivity index (χ4n) is 3.37. The van der Waals surface area contributed by atoms with Crippen LogP contribution in [0.25, 0.3) is 0 Å². The molecule has 0 spiro atoms. The Bertz CT molecular complexity index is 522. The predicted molar refractivity (Wildman–Crippen MR) is 81.3 cm³/mol. The molecule has 2 fully saturated rings. The van der Waals surface area contributed by atoms with E-state index in [0.717, 1.165) is 38.0 Å². The zero-order chi connectivity index (χ0) is 14.8. The highest BCUT2D eigenvalue weighted by molar-refractivity contribution is 5.58. The molecule has 2 N–H and O–H groups in total. The minimum atomic E-state index is -0.496. The third-order valence-corrected chi connectivity index (χ3v) is 4.56. The van der Waals surface area contributed by atoms with Crippen molar-refractivity contribution >= 4 is 17.3 Å². The summed E-state index contributed by atoms with van der Waals surface area (Å²) in [5, 5.41) is 10.8. The van der Waals surface area contributed by atoms with E-state index in [1.165, 1.54) is 31.7 Å². The summed E-state index contributed by atoms with van der Waals surface area (Å²) in [6, 6.07) is 3.89. The molecule has 0 aromatic carbocycles. The lowest BCUT2D eigenvalue weighted by Crippen LogP contribution is -2.50. The monoisotopic (exact) mass is 291 g/mol. The molecule has 1 aromatic heterocycles. The van der Waals surface area contributed by atoms with Gasteiger partial charge in [0, 0.05) is 38.3 Å². The SMILES string of the molecule is Nc1nc(N2CCN(C3CCCC3)CC2)ccc1[N+](=O)[O-]. The number of rotatable bonds is 3. The minimum absolute atomic E-state index is 0.00396. The summed E-state index contributed by atoms with van der Waals surface area (Å²) >= 11 is 0. The highest BCUT2D eigenvalue weighted by atomic mass is 16.6. The van der Waals surface area contributed by atoms with Crippen molar-refractivity contribution in [2.24, 2.45) is 0 Å². The van der Waals surface area contributed by atoms with Crippen LogP contribution < -0.4 is 10.6 Å². The van der Waals surface area contributed by atoms with E-state index in [1.807, 2.05) is 0 Å². The van der Waals surface area contributed by atoms with Crippen LogP contribution in [-0.2, 0) is 0 Å². The second-order valence-corrected chi connectivity index (χ2v) is 5.79. The van der Waals surface area contributed by atoms with Gasteiger partial charge in [0.15, 0.2) is 0 Å². The summed E-state index contributed by atoms with van der Waals surface area (Å²) in [5.41, 5.74) is 5.54. The third kappa shape index (κ3) is 2.92. The van der Waals surface area contributed by atoms with Crippen LogP contribution >= 0.6 is 0 Å². The van der Waals surface area contributed by atoms with Gasteiger partial charge in [-0.1, -0.05) is 12.8 Å². The van der Waals surface area contributed by atoms with Gasteiger partial charge in [-0.2, -0.15) is 0 Å². The molecule has 0 radical (unpaired) electrons. The van der Waals surface area contributed by atoms with Gasteiger partial charge in [-0.15, -0.1) is 0 Å². The minimum Gasteiger partial charge on any atom is -0.378 e. The fourth-order valence-corrected chi connectivity index (χ4v) is 3.37. The average molecular weight is 291 g/mol. The normalized spacial score (nSPS) is 20.9. The van der Waals surface area contributed by atoms with Crippen molar-refractivity contribution in [1.29, 1.82) is 0 Å². The van der Waals surface area contributed by atoms with Gasteiger partial charge >= 0.3 is 5.69 Å². The molecule has 1 aromatic rings. The number of aromatic nitrogens is 1. The van der Waals surface area contributed by atoms with Crippen LogP contribution in [0, 0.1) is 10.1 Å². The van der Waals surface area contributed by atoms with Gasteiger partial charge in [0.05, 0.1) is 4.92 Å². The Kier molecular flexibility index (Phi) is 3.92. The lowest BCUT2D eigenvalue weighted by molar-refractivity contribution is -0.384. The second kappa shape index (κ2) is 5.85. The molecule has 3 rings (SSSR count). The molecule has 2 heterocycles. The maximum absolute atomic E-state index is 10.8. The number of nitrogen functional groups attached to an aromatic ring is 1. The highest BCUT2D eigenvalue weighted by Gasteiger charge is 2.27. The summed E-state index contributed by atoms with van der Waals surface area (Å²) in [6.07, 6.45) is 5.35. The lowest BCUT2D eigenvalue weighted by Gasteiger charge is -2.38. The Morgan fingerprint density at radius 2 is 1.86 bits per heavy atom. The number of nitrogens with zero attached hydrogens (tertiary/aromatic N) is 4. The maximum atomic E-state index is 10.8. The first kappa shape index (κ1) is 14.1. The smallest absolute Gasteiger partial charge is 0.311 e. The van der Waals surface area contributed by atoms with Crippen molar-refractivity contribution in [2.75, 3.05) is 36.8 Å². The quantitative estimate of drug-likeness (QED) is 0.672. The molecule has 1 saturated carbocycles. The molecule has 0 atom stereocenters. The van der Waals surface area contributed by atoms with E-state index in [4.69, 9.17) is 5.73 Å². The summed E-state index contributed by atoms with van der Waals surface area (Å²) < 4.78 is 0. The summed E-state index contributed by atoms with van der Waals surface area (Å²) in [6.45, 7) is 3.87. The van der Waals surface area contributed by atoms with E-state index in [2.05, 4.69) is 14.8 Å². The Balaban J connectivity index is 1.64. The number of nitrogens with two attached hydrogens (primary N) is 1. The molecule has 21 heavy (non-hydrogen) atoms. The van der Waals surface area contributed by atoms with Crippen LogP contribution in [0.4, 0.5) is 17.3 Å². The van der Waals surface area contributed by atoms with Crippen molar-refractivity contribution < 1.29 is 4.92 Å². The Hall–Kier alpha value is -1.89. The lowest BCUT2D eigenvalue weighted by atomic mass is 10.2. The van der Waals surface area contributed by atoms with Gasteiger partial charge in [0.1, 0.15) is 5.82 Å². The average Bonchev–Trinajstić information content (AvgIpc) is 3.01. The molecule has 1 aliphatic heterocycles. The third-order valence-electron chi connectivity index (χ3n) is 4.56. The largest absolute Gasteiger partial charge is 0.378 e. The van der Waals surface area contributed by atoms with Crippen LogP contribution in [0.3, 0.4) is 0 Å². The first-order chi connectivity index (χ1) is 10.1. The van der Waals surface area contributed by atoms with Gasteiger partial charge in [0.2, 0.25) is 5.82 Å². The molecule has 7 heteroatoms. The highest BCUT2D eigenvalue weighted by Crippen LogP contribution is 2.27. The van der Waals surface area contributed by atoms with E-state index in [-0.39, 0.29) is 11.5 Å². The number of pyridine rings is 1. The Morgan fingerprint density at radius 1 is 1.19 bits per heavy atom. The van der Waals surface area contributed by atoms with E-state index in [9.17, 15) is 10.1 Å². The molecule has 1 saturated heterocycles. The molecule has 0 unspecified atom stereocenters. The summed E-state index contributed by atoms with van der Waals surface area (Å²) in [7, 11) is 0. The number of hydrogen-bond donors (Lipinski definition) is 1. The van der Waals surface area contributed by atoms with Crippen LogP contribution in [0.5, 0.6) is 0 Å². The van der Waals surface area contributed by atoms with Crippen LogP contribution in [0.15, 0.2) is 12.1 Å². The molecular weight excluding hydrogens is 270 g/mol. The number of hydrogen-bond acceptors (Lipinski definition) is 6. The first-order valence-corrected chi connectivity index (χ1v) is 7.55. The Labute approximate surface area is 123 Å².